The smallest absolute Gasteiger partial charge is 0.315 e. The minimum atomic E-state index is -0.746. The molecule has 0 bridgehead atoms. The van der Waals surface area contributed by atoms with E-state index in [1.165, 1.54) is 0 Å². The van der Waals surface area contributed by atoms with Crippen LogP contribution in [0.1, 0.15) is 37.7 Å². The molecule has 1 unspecified atom stereocenters. The summed E-state index contributed by atoms with van der Waals surface area (Å²) < 4.78 is 0. The molecule has 1 atom stereocenters. The van der Waals surface area contributed by atoms with Gasteiger partial charge in [0.05, 0.1) is 0 Å². The Morgan fingerprint density at radius 2 is 1.92 bits per heavy atom. The van der Waals surface area contributed by atoms with Gasteiger partial charge in [0.15, 0.2) is 0 Å². The molecule has 1 aliphatic carbocycles. The Bertz CT molecular complexity index is 599. The quantitative estimate of drug-likeness (QED) is 0.758. The Morgan fingerprint density at radius 1 is 1.20 bits per heavy atom. The van der Waals surface area contributed by atoms with Crippen molar-refractivity contribution in [3.63, 3.8) is 0 Å². The lowest BCUT2D eigenvalue weighted by Gasteiger charge is -2.33. The number of carbonyl (C=O) groups is 2. The average Bonchev–Trinajstić information content (AvgIpc) is 3.30. The van der Waals surface area contributed by atoms with Crippen molar-refractivity contribution >= 4 is 11.9 Å². The molecule has 1 heterocycles. The lowest BCUT2D eigenvalue weighted by Crippen LogP contribution is -2.59. The molecule has 1 saturated carbocycles. The molecule has 6 nitrogen and oxygen atoms in total. The third kappa shape index (κ3) is 4.12. The fraction of sp³-hybridized carbons (Fsp3) is 0.579. The van der Waals surface area contributed by atoms with Crippen LogP contribution < -0.4 is 16.4 Å². The first-order valence-electron chi connectivity index (χ1n) is 9.22. The van der Waals surface area contributed by atoms with Gasteiger partial charge in [0, 0.05) is 19.6 Å². The van der Waals surface area contributed by atoms with Gasteiger partial charge in [-0.25, -0.2) is 4.79 Å². The highest BCUT2D eigenvalue weighted by molar-refractivity contribution is 5.91. The number of benzene rings is 1. The molecule has 3 rings (SSSR count). The number of nitrogens with zero attached hydrogens (tertiary/aromatic N) is 1. The van der Waals surface area contributed by atoms with Crippen molar-refractivity contribution in [3.8, 4) is 0 Å². The molecular weight excluding hydrogens is 316 g/mol. The van der Waals surface area contributed by atoms with E-state index in [-0.39, 0.29) is 11.9 Å². The molecule has 2 aliphatic rings. The fourth-order valence-electron chi connectivity index (χ4n) is 3.92. The van der Waals surface area contributed by atoms with Gasteiger partial charge in [-0.3, -0.25) is 4.79 Å². The van der Waals surface area contributed by atoms with Crippen LogP contribution in [0.2, 0.25) is 0 Å². The maximum absolute atomic E-state index is 13.1. The molecule has 0 aromatic heterocycles. The third-order valence-electron chi connectivity index (χ3n) is 5.42. The van der Waals surface area contributed by atoms with Crippen LogP contribution in [-0.4, -0.2) is 42.0 Å². The van der Waals surface area contributed by atoms with Crippen LogP contribution in [0, 0.1) is 5.92 Å². The second-order valence-corrected chi connectivity index (χ2v) is 7.22. The molecule has 0 radical (unpaired) electrons. The molecule has 1 aromatic rings. The highest BCUT2D eigenvalue weighted by Gasteiger charge is 2.46. The van der Waals surface area contributed by atoms with Crippen molar-refractivity contribution in [1.82, 2.24) is 15.5 Å². The van der Waals surface area contributed by atoms with E-state index in [1.807, 2.05) is 35.2 Å². The fourth-order valence-corrected chi connectivity index (χ4v) is 3.92. The first-order chi connectivity index (χ1) is 12.1. The summed E-state index contributed by atoms with van der Waals surface area (Å²) in [6.07, 6.45) is 4.33. The van der Waals surface area contributed by atoms with E-state index >= 15 is 0 Å². The first kappa shape index (κ1) is 17.7. The van der Waals surface area contributed by atoms with Crippen LogP contribution in [0.15, 0.2) is 30.3 Å². The van der Waals surface area contributed by atoms with Crippen LogP contribution in [0.5, 0.6) is 0 Å². The van der Waals surface area contributed by atoms with Gasteiger partial charge in [-0.15, -0.1) is 0 Å². The van der Waals surface area contributed by atoms with Gasteiger partial charge >= 0.3 is 6.03 Å². The summed E-state index contributed by atoms with van der Waals surface area (Å²) in [5.41, 5.74) is 6.03. The molecule has 0 spiro atoms. The standard InChI is InChI=1S/C19H28N4O2/c20-12-16-8-11-23(14-16)17(24)19(9-4-5-10-19)22-18(25)21-13-15-6-2-1-3-7-15/h1-3,6-7,16H,4-5,8-14,20H2,(H2,21,22,25). The van der Waals surface area contributed by atoms with Crippen molar-refractivity contribution in [1.29, 1.82) is 0 Å². The van der Waals surface area contributed by atoms with Crippen LogP contribution in [0.4, 0.5) is 4.79 Å². The molecule has 6 heteroatoms. The van der Waals surface area contributed by atoms with Gasteiger partial charge < -0.3 is 21.3 Å². The molecule has 1 aliphatic heterocycles. The maximum Gasteiger partial charge on any atom is 0.315 e. The Balaban J connectivity index is 1.60. The van der Waals surface area contributed by atoms with Crippen molar-refractivity contribution in [2.45, 2.75) is 44.2 Å². The summed E-state index contributed by atoms with van der Waals surface area (Å²) >= 11 is 0. The number of nitrogens with two attached hydrogens (primary N) is 1. The normalized spacial score (nSPS) is 22.0. The van der Waals surface area contributed by atoms with Crippen molar-refractivity contribution < 1.29 is 9.59 Å². The van der Waals surface area contributed by atoms with Gasteiger partial charge in [0.25, 0.3) is 0 Å². The molecule has 136 valence electrons. The van der Waals surface area contributed by atoms with Crippen LogP contribution in [0.25, 0.3) is 0 Å². The van der Waals surface area contributed by atoms with E-state index in [0.717, 1.165) is 31.4 Å². The Hall–Kier alpha value is -2.08. The van der Waals surface area contributed by atoms with Gasteiger partial charge in [0.2, 0.25) is 5.91 Å². The number of nitrogens with one attached hydrogen (secondary N) is 2. The van der Waals surface area contributed by atoms with Gasteiger partial charge in [-0.1, -0.05) is 43.2 Å². The molecule has 1 aromatic carbocycles. The SMILES string of the molecule is NCC1CCN(C(=O)C2(NC(=O)NCc3ccccc3)CCCC2)C1. The van der Waals surface area contributed by atoms with E-state index in [9.17, 15) is 9.59 Å². The molecule has 3 amide bonds. The molecular formula is C19H28N4O2. The highest BCUT2D eigenvalue weighted by atomic mass is 16.2. The first-order valence-corrected chi connectivity index (χ1v) is 9.22. The van der Waals surface area contributed by atoms with E-state index in [1.54, 1.807) is 0 Å². The number of hydrogen-bond acceptors (Lipinski definition) is 3. The lowest BCUT2D eigenvalue weighted by atomic mass is 9.95. The topological polar surface area (TPSA) is 87.5 Å². The molecule has 4 N–H and O–H groups in total. The van der Waals surface area contributed by atoms with Crippen molar-refractivity contribution in [3.05, 3.63) is 35.9 Å². The zero-order valence-electron chi connectivity index (χ0n) is 14.7. The van der Waals surface area contributed by atoms with Gasteiger partial charge in [-0.05, 0) is 37.3 Å². The van der Waals surface area contributed by atoms with Gasteiger partial charge in [-0.2, -0.15) is 0 Å². The van der Waals surface area contributed by atoms with Gasteiger partial charge in [0.1, 0.15) is 5.54 Å². The summed E-state index contributed by atoms with van der Waals surface area (Å²) in [6, 6.07) is 9.49. The largest absolute Gasteiger partial charge is 0.340 e. The van der Waals surface area contributed by atoms with Crippen molar-refractivity contribution in [2.75, 3.05) is 19.6 Å². The van der Waals surface area contributed by atoms with Crippen LogP contribution in [-0.2, 0) is 11.3 Å². The van der Waals surface area contributed by atoms with E-state index < -0.39 is 5.54 Å². The summed E-state index contributed by atoms with van der Waals surface area (Å²) in [6.45, 7) is 2.53. The minimum absolute atomic E-state index is 0.0656. The second-order valence-electron chi connectivity index (χ2n) is 7.22. The Labute approximate surface area is 149 Å². The van der Waals surface area contributed by atoms with Crippen LogP contribution in [0.3, 0.4) is 0 Å². The van der Waals surface area contributed by atoms with E-state index in [2.05, 4.69) is 10.6 Å². The number of likely N-dealkylation sites (tertiary alicyclic amines) is 1. The third-order valence-corrected chi connectivity index (χ3v) is 5.42. The summed E-state index contributed by atoms with van der Waals surface area (Å²) in [4.78, 5) is 27.4. The average molecular weight is 344 g/mol. The zero-order chi connectivity index (χ0) is 17.7. The number of hydrogen-bond donors (Lipinski definition) is 3. The Morgan fingerprint density at radius 3 is 2.56 bits per heavy atom. The Kier molecular flexibility index (Phi) is 5.58. The number of urea groups is 1. The minimum Gasteiger partial charge on any atom is -0.340 e. The maximum atomic E-state index is 13.1. The predicted octanol–water partition coefficient (Wildman–Crippen LogP) is 1.61. The summed E-state index contributed by atoms with van der Waals surface area (Å²) in [7, 11) is 0. The number of rotatable bonds is 5. The van der Waals surface area contributed by atoms with E-state index in [0.29, 0.717) is 38.4 Å². The highest BCUT2D eigenvalue weighted by Crippen LogP contribution is 2.33. The summed E-state index contributed by atoms with van der Waals surface area (Å²) in [5.74, 6) is 0.449. The molecule has 1 saturated heterocycles. The summed E-state index contributed by atoms with van der Waals surface area (Å²) in [5, 5.41) is 5.87. The zero-order valence-corrected chi connectivity index (χ0v) is 14.7. The number of carbonyl (C=O) groups excluding carboxylic acids is 2. The van der Waals surface area contributed by atoms with Crippen LogP contribution >= 0.6 is 0 Å². The van der Waals surface area contributed by atoms with E-state index in [4.69, 9.17) is 5.73 Å². The monoisotopic (exact) mass is 344 g/mol. The second kappa shape index (κ2) is 7.87. The molecule has 2 fully saturated rings. The predicted molar refractivity (Wildman–Crippen MR) is 96.8 cm³/mol. The van der Waals surface area contributed by atoms with Crippen molar-refractivity contribution in [2.24, 2.45) is 11.7 Å². The molecule has 25 heavy (non-hydrogen) atoms. The lowest BCUT2D eigenvalue weighted by molar-refractivity contribution is -0.136. The number of amides is 3.